The molecule has 222 valence electrons. The third kappa shape index (κ3) is 9.05. The molecule has 12 nitrogen and oxygen atoms in total. The Labute approximate surface area is 232 Å². The Morgan fingerprint density at radius 1 is 0.825 bits per heavy atom. The summed E-state index contributed by atoms with van der Waals surface area (Å²) in [6, 6.07) is 7.19. The van der Waals surface area contributed by atoms with Gasteiger partial charge in [-0.25, -0.2) is 0 Å². The van der Waals surface area contributed by atoms with E-state index in [-0.39, 0.29) is 13.3 Å². The molecular weight excluding hydrogens is 531 g/mol. The standard InChI is InChI=1S/C27H37FN2O10/c1-17(31)35-16-23-24(36-18(2)32)25(37-19(3)33)26(38-20(4)34)27(40-23)39-22-8-6-21(7-9-22)30-14-12-29(13-15-30)11-5-10-28/h6-9,23-27H,5,10-16H2,1-4H3/t23-,24+,25+,26-,27-/m1/s1. The molecule has 2 fully saturated rings. The second-order valence-corrected chi connectivity index (χ2v) is 9.55. The highest BCUT2D eigenvalue weighted by Crippen LogP contribution is 2.31. The molecule has 2 saturated heterocycles. The summed E-state index contributed by atoms with van der Waals surface area (Å²) in [5.74, 6) is -2.38. The van der Waals surface area contributed by atoms with Crippen molar-refractivity contribution in [1.29, 1.82) is 0 Å². The molecule has 2 aliphatic rings. The molecule has 40 heavy (non-hydrogen) atoms. The number of carbonyl (C=O) groups excluding carboxylic acids is 4. The smallest absolute Gasteiger partial charge is 0.303 e. The van der Waals surface area contributed by atoms with E-state index >= 15 is 0 Å². The summed E-state index contributed by atoms with van der Waals surface area (Å²) in [4.78, 5) is 51.8. The Morgan fingerprint density at radius 3 is 1.95 bits per heavy atom. The van der Waals surface area contributed by atoms with Crippen molar-refractivity contribution in [1.82, 2.24) is 4.90 Å². The van der Waals surface area contributed by atoms with Crippen LogP contribution in [0.3, 0.4) is 0 Å². The Hall–Kier alpha value is -3.45. The van der Waals surface area contributed by atoms with Gasteiger partial charge < -0.3 is 33.3 Å². The number of piperazine rings is 1. The summed E-state index contributed by atoms with van der Waals surface area (Å²) in [6.45, 7) is 8.03. The van der Waals surface area contributed by atoms with Crippen LogP contribution >= 0.6 is 0 Å². The fourth-order valence-electron chi connectivity index (χ4n) is 4.67. The average molecular weight is 569 g/mol. The SMILES string of the molecule is CC(=O)OC[C@H]1O[C@@H](Oc2ccc(N3CCN(CCCF)CC3)cc2)[C@H](OC(C)=O)[C@@H](OC(C)=O)[C@H]1OC(C)=O. The molecular formula is C27H37FN2O10. The zero-order chi connectivity index (χ0) is 29.2. The van der Waals surface area contributed by atoms with Crippen LogP contribution < -0.4 is 9.64 Å². The number of halogens is 1. The molecule has 0 saturated carbocycles. The van der Waals surface area contributed by atoms with Gasteiger partial charge in [0.1, 0.15) is 18.5 Å². The molecule has 1 aromatic rings. The zero-order valence-electron chi connectivity index (χ0n) is 23.2. The number of benzene rings is 1. The third-order valence-corrected chi connectivity index (χ3v) is 6.38. The van der Waals surface area contributed by atoms with Crippen LogP contribution in [0.1, 0.15) is 34.1 Å². The van der Waals surface area contributed by atoms with Gasteiger partial charge in [-0.15, -0.1) is 0 Å². The van der Waals surface area contributed by atoms with Gasteiger partial charge in [-0.2, -0.15) is 0 Å². The number of alkyl halides is 1. The van der Waals surface area contributed by atoms with Crippen LogP contribution in [0.2, 0.25) is 0 Å². The van der Waals surface area contributed by atoms with E-state index in [4.69, 9.17) is 28.4 Å². The van der Waals surface area contributed by atoms with Crippen molar-refractivity contribution in [2.24, 2.45) is 0 Å². The molecule has 0 amide bonds. The Balaban J connectivity index is 1.79. The normalized spacial score (nSPS) is 25.0. The monoisotopic (exact) mass is 568 g/mol. The number of rotatable bonds is 11. The number of nitrogens with zero attached hydrogens (tertiary/aromatic N) is 2. The van der Waals surface area contributed by atoms with E-state index in [0.717, 1.165) is 52.3 Å². The molecule has 2 heterocycles. The van der Waals surface area contributed by atoms with Gasteiger partial charge >= 0.3 is 23.9 Å². The van der Waals surface area contributed by atoms with Gasteiger partial charge in [0, 0.05) is 66.1 Å². The van der Waals surface area contributed by atoms with Gasteiger partial charge in [0.2, 0.25) is 12.4 Å². The van der Waals surface area contributed by atoms with Crippen LogP contribution in [0, 0.1) is 0 Å². The van der Waals surface area contributed by atoms with E-state index in [1.165, 1.54) is 13.8 Å². The van der Waals surface area contributed by atoms with Crippen LogP contribution in [-0.4, -0.2) is 105 Å². The first-order valence-corrected chi connectivity index (χ1v) is 13.2. The van der Waals surface area contributed by atoms with E-state index < -0.39 is 54.6 Å². The largest absolute Gasteiger partial charge is 0.463 e. The van der Waals surface area contributed by atoms with Gasteiger partial charge in [0.15, 0.2) is 12.2 Å². The van der Waals surface area contributed by atoms with E-state index in [1.807, 2.05) is 12.1 Å². The molecule has 0 bridgehead atoms. The minimum atomic E-state index is -1.31. The minimum Gasteiger partial charge on any atom is -0.463 e. The number of anilines is 1. The van der Waals surface area contributed by atoms with Crippen LogP contribution in [-0.2, 0) is 42.9 Å². The molecule has 2 aliphatic heterocycles. The predicted octanol–water partition coefficient (Wildman–Crippen LogP) is 1.63. The highest BCUT2D eigenvalue weighted by atomic mass is 19.1. The van der Waals surface area contributed by atoms with E-state index in [0.29, 0.717) is 12.2 Å². The Kier molecular flexibility index (Phi) is 11.5. The quantitative estimate of drug-likeness (QED) is 0.284. The lowest BCUT2D eigenvalue weighted by atomic mass is 9.98. The molecule has 0 aromatic heterocycles. The van der Waals surface area contributed by atoms with Gasteiger partial charge in [-0.1, -0.05) is 0 Å². The number of carbonyl (C=O) groups is 4. The first-order chi connectivity index (χ1) is 19.1. The van der Waals surface area contributed by atoms with Crippen LogP contribution in [0.15, 0.2) is 24.3 Å². The second-order valence-electron chi connectivity index (χ2n) is 9.55. The number of hydrogen-bond donors (Lipinski definition) is 0. The molecule has 0 unspecified atom stereocenters. The maximum Gasteiger partial charge on any atom is 0.303 e. The lowest BCUT2D eigenvalue weighted by Gasteiger charge is -2.43. The summed E-state index contributed by atoms with van der Waals surface area (Å²) in [5, 5.41) is 0. The lowest BCUT2D eigenvalue weighted by molar-refractivity contribution is -0.288. The molecule has 0 aliphatic carbocycles. The molecule has 3 rings (SSSR count). The van der Waals surface area contributed by atoms with Crippen LogP contribution in [0.4, 0.5) is 10.1 Å². The molecule has 5 atom stereocenters. The van der Waals surface area contributed by atoms with Crippen molar-refractivity contribution in [2.45, 2.75) is 64.8 Å². The fraction of sp³-hybridized carbons (Fsp3) is 0.630. The van der Waals surface area contributed by atoms with Crippen molar-refractivity contribution in [3.63, 3.8) is 0 Å². The summed E-state index contributed by atoms with van der Waals surface area (Å²) in [5.41, 5.74) is 0.971. The van der Waals surface area contributed by atoms with E-state index in [2.05, 4.69) is 9.80 Å². The number of ether oxygens (including phenoxy) is 6. The first-order valence-electron chi connectivity index (χ1n) is 13.2. The topological polar surface area (TPSA) is 130 Å². The van der Waals surface area contributed by atoms with Crippen molar-refractivity contribution in [2.75, 3.05) is 50.9 Å². The van der Waals surface area contributed by atoms with Gasteiger partial charge in [-0.3, -0.25) is 28.5 Å². The maximum absolute atomic E-state index is 12.5. The average Bonchev–Trinajstić information content (AvgIpc) is 2.89. The molecule has 0 radical (unpaired) electrons. The molecule has 0 spiro atoms. The number of hydrogen-bond acceptors (Lipinski definition) is 12. The van der Waals surface area contributed by atoms with Gasteiger partial charge in [0.25, 0.3) is 0 Å². The van der Waals surface area contributed by atoms with Crippen molar-refractivity contribution < 1.29 is 52.0 Å². The van der Waals surface area contributed by atoms with Crippen LogP contribution in [0.5, 0.6) is 5.75 Å². The summed E-state index contributed by atoms with van der Waals surface area (Å²) in [6.07, 6.45) is -5.73. The summed E-state index contributed by atoms with van der Waals surface area (Å²) in [7, 11) is 0. The highest BCUT2D eigenvalue weighted by molar-refractivity contribution is 5.68. The van der Waals surface area contributed by atoms with E-state index in [1.54, 1.807) is 12.1 Å². The van der Waals surface area contributed by atoms with Gasteiger partial charge in [-0.05, 0) is 30.7 Å². The minimum absolute atomic E-state index is 0.318. The Bertz CT molecular complexity index is 1020. The zero-order valence-corrected chi connectivity index (χ0v) is 23.2. The maximum atomic E-state index is 12.5. The highest BCUT2D eigenvalue weighted by Gasteiger charge is 2.53. The van der Waals surface area contributed by atoms with E-state index in [9.17, 15) is 23.6 Å². The van der Waals surface area contributed by atoms with Gasteiger partial charge in [0.05, 0.1) is 6.67 Å². The fourth-order valence-corrected chi connectivity index (χ4v) is 4.67. The Morgan fingerprint density at radius 2 is 1.40 bits per heavy atom. The van der Waals surface area contributed by atoms with Crippen molar-refractivity contribution in [3.8, 4) is 5.75 Å². The summed E-state index contributed by atoms with van der Waals surface area (Å²) >= 11 is 0. The molecule has 13 heteroatoms. The lowest BCUT2D eigenvalue weighted by Crippen LogP contribution is -2.63. The molecule has 0 N–H and O–H groups in total. The van der Waals surface area contributed by atoms with Crippen molar-refractivity contribution >= 4 is 29.6 Å². The van der Waals surface area contributed by atoms with Crippen molar-refractivity contribution in [3.05, 3.63) is 24.3 Å². The summed E-state index contributed by atoms with van der Waals surface area (Å²) < 4.78 is 45.8. The predicted molar refractivity (Wildman–Crippen MR) is 138 cm³/mol. The first kappa shape index (κ1) is 31.1. The third-order valence-electron chi connectivity index (χ3n) is 6.38. The molecule has 1 aromatic carbocycles. The number of esters is 4. The van der Waals surface area contributed by atoms with Crippen LogP contribution in [0.25, 0.3) is 0 Å². The second kappa shape index (κ2) is 14.8.